The van der Waals surface area contributed by atoms with E-state index in [1.165, 1.54) is 6.20 Å². The van der Waals surface area contributed by atoms with Crippen molar-refractivity contribution in [2.75, 3.05) is 13.2 Å². The molecule has 3 heterocycles. The zero-order valence-corrected chi connectivity index (χ0v) is 11.8. The van der Waals surface area contributed by atoms with Crippen LogP contribution in [0, 0.1) is 0 Å². The van der Waals surface area contributed by atoms with Gasteiger partial charge in [0.1, 0.15) is 5.56 Å². The van der Waals surface area contributed by atoms with Gasteiger partial charge < -0.3 is 10.1 Å². The van der Waals surface area contributed by atoms with E-state index in [1.54, 1.807) is 16.9 Å². The number of carbonyl (C=O) groups excluding carboxylic acids is 1. The summed E-state index contributed by atoms with van der Waals surface area (Å²) in [6, 6.07) is 0. The van der Waals surface area contributed by atoms with E-state index in [1.807, 2.05) is 0 Å². The Kier molecular flexibility index (Phi) is 3.48. The van der Waals surface area contributed by atoms with E-state index < -0.39 is 0 Å². The molecule has 1 N–H and O–H groups in total. The van der Waals surface area contributed by atoms with Gasteiger partial charge >= 0.3 is 0 Å². The minimum atomic E-state index is -0.166. The fraction of sp³-hybridized carbons (Fsp3) is 0.417. The van der Waals surface area contributed by atoms with Crippen molar-refractivity contribution in [1.82, 2.24) is 19.9 Å². The van der Waals surface area contributed by atoms with E-state index in [9.17, 15) is 4.79 Å². The van der Waals surface area contributed by atoms with Crippen molar-refractivity contribution in [3.63, 3.8) is 0 Å². The van der Waals surface area contributed by atoms with E-state index in [-0.39, 0.29) is 12.0 Å². The molecule has 0 unspecified atom stereocenters. The zero-order valence-electron chi connectivity index (χ0n) is 10.2. The predicted molar refractivity (Wildman–Crippen MR) is 72.0 cm³/mol. The summed E-state index contributed by atoms with van der Waals surface area (Å²) >= 11 is 3.31. The van der Waals surface area contributed by atoms with Crippen LogP contribution in [0.2, 0.25) is 0 Å². The van der Waals surface area contributed by atoms with E-state index in [0.29, 0.717) is 17.8 Å². The molecular weight excluding hydrogens is 312 g/mol. The van der Waals surface area contributed by atoms with Gasteiger partial charge in [0.05, 0.1) is 16.8 Å². The van der Waals surface area contributed by atoms with Crippen LogP contribution in [0.1, 0.15) is 23.2 Å². The molecule has 1 aliphatic heterocycles. The molecule has 1 atom stereocenters. The average molecular weight is 325 g/mol. The molecule has 2 aromatic rings. The number of hydrogen-bond donors (Lipinski definition) is 1. The van der Waals surface area contributed by atoms with Crippen molar-refractivity contribution < 1.29 is 9.53 Å². The first kappa shape index (κ1) is 12.6. The molecule has 1 aliphatic rings. The van der Waals surface area contributed by atoms with Crippen LogP contribution in [0.5, 0.6) is 0 Å². The van der Waals surface area contributed by atoms with Crippen LogP contribution in [0.15, 0.2) is 23.1 Å². The number of rotatable bonds is 3. The summed E-state index contributed by atoms with van der Waals surface area (Å²) in [4.78, 5) is 16.3. The minimum Gasteiger partial charge on any atom is -0.376 e. The third-order valence-electron chi connectivity index (χ3n) is 3.08. The average Bonchev–Trinajstić information content (AvgIpc) is 3.04. The normalized spacial score (nSPS) is 18.9. The Morgan fingerprint density at radius 3 is 3.26 bits per heavy atom. The Morgan fingerprint density at radius 2 is 2.47 bits per heavy atom. The highest BCUT2D eigenvalue weighted by molar-refractivity contribution is 9.10. The molecular formula is C12H13BrN4O2. The van der Waals surface area contributed by atoms with Crippen LogP contribution < -0.4 is 5.32 Å². The van der Waals surface area contributed by atoms with Crippen LogP contribution >= 0.6 is 15.9 Å². The van der Waals surface area contributed by atoms with E-state index in [4.69, 9.17) is 4.74 Å². The Labute approximate surface area is 118 Å². The molecule has 1 amide bonds. The Bertz CT molecular complexity index is 607. The molecule has 0 bridgehead atoms. The lowest BCUT2D eigenvalue weighted by molar-refractivity contribution is 0.0859. The topological polar surface area (TPSA) is 68.5 Å². The molecule has 1 fully saturated rings. The molecule has 0 radical (unpaired) electrons. The van der Waals surface area contributed by atoms with Gasteiger partial charge in [0, 0.05) is 25.5 Å². The van der Waals surface area contributed by atoms with Crippen LogP contribution in [-0.2, 0) is 4.74 Å². The SMILES string of the molecule is O=C(NC[C@H]1CCCO1)c1cnn2cc(Br)cnc12. The summed E-state index contributed by atoms with van der Waals surface area (Å²) < 4.78 is 7.86. The molecule has 19 heavy (non-hydrogen) atoms. The Morgan fingerprint density at radius 1 is 1.58 bits per heavy atom. The summed E-state index contributed by atoms with van der Waals surface area (Å²) in [6.45, 7) is 1.32. The molecule has 100 valence electrons. The van der Waals surface area contributed by atoms with Crippen LogP contribution in [-0.4, -0.2) is 39.8 Å². The molecule has 0 aliphatic carbocycles. The molecule has 0 spiro atoms. The summed E-state index contributed by atoms with van der Waals surface area (Å²) in [5, 5.41) is 6.98. The largest absolute Gasteiger partial charge is 0.376 e. The highest BCUT2D eigenvalue weighted by Gasteiger charge is 2.18. The quantitative estimate of drug-likeness (QED) is 0.926. The number of hydrogen-bond acceptors (Lipinski definition) is 4. The first-order valence-corrected chi connectivity index (χ1v) is 6.92. The Balaban J connectivity index is 1.74. The molecule has 0 saturated carbocycles. The maximum Gasteiger partial charge on any atom is 0.256 e. The molecule has 7 heteroatoms. The number of aromatic nitrogens is 3. The van der Waals surface area contributed by atoms with Crippen molar-refractivity contribution in [1.29, 1.82) is 0 Å². The fourth-order valence-electron chi connectivity index (χ4n) is 2.12. The summed E-state index contributed by atoms with van der Waals surface area (Å²) in [6.07, 6.45) is 7.13. The van der Waals surface area contributed by atoms with Gasteiger partial charge in [0.15, 0.2) is 5.65 Å². The van der Waals surface area contributed by atoms with Crippen molar-refractivity contribution >= 4 is 27.5 Å². The summed E-state index contributed by atoms with van der Waals surface area (Å²) in [7, 11) is 0. The molecule has 6 nitrogen and oxygen atoms in total. The lowest BCUT2D eigenvalue weighted by Crippen LogP contribution is -2.31. The first-order valence-electron chi connectivity index (χ1n) is 6.13. The smallest absolute Gasteiger partial charge is 0.256 e. The number of amides is 1. The second-order valence-corrected chi connectivity index (χ2v) is 5.36. The number of ether oxygens (including phenoxy) is 1. The van der Waals surface area contributed by atoms with Crippen molar-refractivity contribution in [2.24, 2.45) is 0 Å². The molecule has 1 saturated heterocycles. The predicted octanol–water partition coefficient (Wildman–Crippen LogP) is 1.40. The van der Waals surface area contributed by atoms with Crippen LogP contribution in [0.3, 0.4) is 0 Å². The van der Waals surface area contributed by atoms with Crippen LogP contribution in [0.4, 0.5) is 0 Å². The third kappa shape index (κ3) is 2.62. The second kappa shape index (κ2) is 5.26. The monoisotopic (exact) mass is 324 g/mol. The first-order chi connectivity index (χ1) is 9.24. The van der Waals surface area contributed by atoms with Crippen LogP contribution in [0.25, 0.3) is 5.65 Å². The van der Waals surface area contributed by atoms with Gasteiger partial charge in [-0.15, -0.1) is 0 Å². The van der Waals surface area contributed by atoms with Gasteiger partial charge in [-0.25, -0.2) is 9.50 Å². The third-order valence-corrected chi connectivity index (χ3v) is 3.49. The highest BCUT2D eigenvalue weighted by Crippen LogP contribution is 2.13. The van der Waals surface area contributed by atoms with Gasteiger partial charge in [0.25, 0.3) is 5.91 Å². The number of halogens is 1. The number of carbonyl (C=O) groups is 1. The minimum absolute atomic E-state index is 0.132. The second-order valence-electron chi connectivity index (χ2n) is 4.44. The van der Waals surface area contributed by atoms with Crippen molar-refractivity contribution in [3.05, 3.63) is 28.6 Å². The summed E-state index contributed by atoms with van der Waals surface area (Å²) in [5.41, 5.74) is 1.03. The number of fused-ring (bicyclic) bond motifs is 1. The van der Waals surface area contributed by atoms with E-state index >= 15 is 0 Å². The maximum absolute atomic E-state index is 12.1. The Hall–Kier alpha value is -1.47. The van der Waals surface area contributed by atoms with Gasteiger partial charge in [-0.05, 0) is 28.8 Å². The lowest BCUT2D eigenvalue weighted by atomic mass is 10.2. The summed E-state index contributed by atoms with van der Waals surface area (Å²) in [5.74, 6) is -0.166. The highest BCUT2D eigenvalue weighted by atomic mass is 79.9. The lowest BCUT2D eigenvalue weighted by Gasteiger charge is -2.09. The van der Waals surface area contributed by atoms with Gasteiger partial charge in [0.2, 0.25) is 0 Å². The van der Waals surface area contributed by atoms with Gasteiger partial charge in [-0.3, -0.25) is 4.79 Å². The molecule has 2 aromatic heterocycles. The van der Waals surface area contributed by atoms with E-state index in [0.717, 1.165) is 23.9 Å². The maximum atomic E-state index is 12.1. The van der Waals surface area contributed by atoms with E-state index in [2.05, 4.69) is 31.3 Å². The van der Waals surface area contributed by atoms with Gasteiger partial charge in [-0.2, -0.15) is 5.10 Å². The number of nitrogens with one attached hydrogen (secondary N) is 1. The van der Waals surface area contributed by atoms with Gasteiger partial charge in [-0.1, -0.05) is 0 Å². The molecule has 0 aromatic carbocycles. The standard InChI is InChI=1S/C12H13BrN4O2/c13-8-4-14-11-10(6-16-17(11)7-8)12(18)15-5-9-2-1-3-19-9/h4,6-7,9H,1-3,5H2,(H,15,18)/t9-/m1/s1. The fourth-order valence-corrected chi connectivity index (χ4v) is 2.42. The van der Waals surface area contributed by atoms with Crippen molar-refractivity contribution in [3.8, 4) is 0 Å². The van der Waals surface area contributed by atoms with Crippen molar-refractivity contribution in [2.45, 2.75) is 18.9 Å². The zero-order chi connectivity index (χ0) is 13.2. The molecule has 3 rings (SSSR count). The number of nitrogens with zero attached hydrogens (tertiary/aromatic N) is 3.